The highest BCUT2D eigenvalue weighted by Crippen LogP contribution is 2.67. The smallest absolute Gasteiger partial charge is 0.0601 e. The molecule has 3 N–H and O–H groups in total. The molecule has 0 aromatic rings. The lowest BCUT2D eigenvalue weighted by molar-refractivity contribution is -0.133. The second-order valence-electron chi connectivity index (χ2n) is 10.2. The van der Waals surface area contributed by atoms with Gasteiger partial charge in [-0.15, -0.1) is 0 Å². The van der Waals surface area contributed by atoms with E-state index >= 15 is 0 Å². The van der Waals surface area contributed by atoms with Crippen LogP contribution in [0.2, 0.25) is 0 Å². The van der Waals surface area contributed by atoms with Crippen LogP contribution in [0, 0.1) is 40.4 Å². The summed E-state index contributed by atoms with van der Waals surface area (Å²) in [7, 11) is 0. The zero-order valence-electron chi connectivity index (χ0n) is 15.6. The Hall–Kier alpha value is -0.120. The molecular formula is C21H36O3. The topological polar surface area (TPSA) is 60.7 Å². The average molecular weight is 337 g/mol. The van der Waals surface area contributed by atoms with E-state index in [0.717, 1.165) is 31.6 Å². The third kappa shape index (κ3) is 2.27. The van der Waals surface area contributed by atoms with Gasteiger partial charge in [0.25, 0.3) is 0 Å². The summed E-state index contributed by atoms with van der Waals surface area (Å²) in [6.07, 6.45) is 8.10. The van der Waals surface area contributed by atoms with Gasteiger partial charge in [-0.05, 0) is 92.8 Å². The minimum absolute atomic E-state index is 0.0437. The van der Waals surface area contributed by atoms with Gasteiger partial charge in [0.2, 0.25) is 0 Å². The first-order valence-corrected chi connectivity index (χ1v) is 10.3. The van der Waals surface area contributed by atoms with Gasteiger partial charge in [0, 0.05) is 5.92 Å². The molecule has 4 fully saturated rings. The van der Waals surface area contributed by atoms with Crippen molar-refractivity contribution in [3.05, 3.63) is 0 Å². The van der Waals surface area contributed by atoms with E-state index < -0.39 is 6.10 Å². The van der Waals surface area contributed by atoms with Gasteiger partial charge in [0.05, 0.1) is 18.3 Å². The quantitative estimate of drug-likeness (QED) is 0.688. The zero-order chi connectivity index (χ0) is 17.3. The maximum absolute atomic E-state index is 10.7. The maximum Gasteiger partial charge on any atom is 0.0601 e. The largest absolute Gasteiger partial charge is 0.393 e. The van der Waals surface area contributed by atoms with Crippen LogP contribution in [0.5, 0.6) is 0 Å². The molecule has 4 saturated carbocycles. The summed E-state index contributed by atoms with van der Waals surface area (Å²) in [5.74, 6) is 2.75. The molecule has 0 unspecified atom stereocenters. The van der Waals surface area contributed by atoms with Crippen LogP contribution < -0.4 is 0 Å². The van der Waals surface area contributed by atoms with Crippen LogP contribution in [0.1, 0.15) is 72.1 Å². The van der Waals surface area contributed by atoms with Crippen molar-refractivity contribution < 1.29 is 15.3 Å². The Morgan fingerprint density at radius 2 is 1.58 bits per heavy atom. The molecule has 0 aromatic carbocycles. The lowest BCUT2D eigenvalue weighted by atomic mass is 9.44. The van der Waals surface area contributed by atoms with Crippen molar-refractivity contribution in [3.8, 4) is 0 Å². The normalized spacial score (nSPS) is 58.5. The first-order chi connectivity index (χ1) is 11.3. The highest BCUT2D eigenvalue weighted by Gasteiger charge is 2.62. The predicted molar refractivity (Wildman–Crippen MR) is 94.3 cm³/mol. The molecule has 0 amide bonds. The van der Waals surface area contributed by atoms with Gasteiger partial charge in [-0.1, -0.05) is 13.8 Å². The van der Waals surface area contributed by atoms with E-state index in [2.05, 4.69) is 13.8 Å². The molecular weight excluding hydrogens is 300 g/mol. The Balaban J connectivity index is 1.63. The Bertz CT molecular complexity index is 491. The number of hydrogen-bond donors (Lipinski definition) is 3. The Kier molecular flexibility index (Phi) is 4.10. The van der Waals surface area contributed by atoms with Crippen LogP contribution in [0.4, 0.5) is 0 Å². The second kappa shape index (κ2) is 5.69. The Morgan fingerprint density at radius 1 is 0.875 bits per heavy atom. The summed E-state index contributed by atoms with van der Waals surface area (Å²) in [4.78, 5) is 0. The lowest BCUT2D eigenvalue weighted by Gasteiger charge is -2.61. The number of rotatable bonds is 1. The van der Waals surface area contributed by atoms with Crippen molar-refractivity contribution >= 4 is 0 Å². The fraction of sp³-hybridized carbons (Fsp3) is 1.00. The van der Waals surface area contributed by atoms with Gasteiger partial charge in [-0.3, -0.25) is 0 Å². The third-order valence-corrected chi connectivity index (χ3v) is 9.27. The van der Waals surface area contributed by atoms with Crippen LogP contribution in [-0.2, 0) is 0 Å². The number of hydrogen-bond acceptors (Lipinski definition) is 3. The summed E-state index contributed by atoms with van der Waals surface area (Å²) in [5, 5.41) is 31.1. The van der Waals surface area contributed by atoms with Gasteiger partial charge in [0.1, 0.15) is 0 Å². The zero-order valence-corrected chi connectivity index (χ0v) is 15.6. The van der Waals surface area contributed by atoms with Crippen molar-refractivity contribution in [1.29, 1.82) is 0 Å². The molecule has 3 heteroatoms. The average Bonchev–Trinajstić information content (AvgIpc) is 2.78. The van der Waals surface area contributed by atoms with Crippen molar-refractivity contribution in [3.63, 3.8) is 0 Å². The van der Waals surface area contributed by atoms with E-state index in [4.69, 9.17) is 0 Å². The van der Waals surface area contributed by atoms with Crippen LogP contribution in [0.15, 0.2) is 0 Å². The molecule has 0 aromatic heterocycles. The fourth-order valence-electron chi connectivity index (χ4n) is 8.16. The summed E-state index contributed by atoms with van der Waals surface area (Å²) < 4.78 is 0. The molecule has 0 spiro atoms. The van der Waals surface area contributed by atoms with E-state index in [1.54, 1.807) is 0 Å². The number of aliphatic hydroxyl groups is 3. The molecule has 0 bridgehead atoms. The standard InChI is InChI=1S/C21H36O3/c1-12(22)19-18(24)11-17-15-5-4-13-10-14(23)6-8-20(13,2)16(15)7-9-21(17,19)3/h12-19,22-24H,4-11H2,1-3H3/t12-,13-,14-,15-,16+,17+,18+,19+,20-,21-/m0/s1. The fourth-order valence-corrected chi connectivity index (χ4v) is 8.16. The molecule has 4 aliphatic carbocycles. The molecule has 0 radical (unpaired) electrons. The summed E-state index contributed by atoms with van der Waals surface area (Å²) in [5.41, 5.74) is 0.490. The monoisotopic (exact) mass is 336 g/mol. The van der Waals surface area contributed by atoms with Crippen LogP contribution in [-0.4, -0.2) is 33.6 Å². The van der Waals surface area contributed by atoms with E-state index in [0.29, 0.717) is 23.2 Å². The SMILES string of the molecule is C[C@H](O)[C@@H]1[C@H](O)C[C@@H]2[C@H]3CC[C@H]4C[C@@H](O)CC[C@]4(C)[C@@H]3CC[C@]12C. The van der Waals surface area contributed by atoms with Gasteiger partial charge < -0.3 is 15.3 Å². The van der Waals surface area contributed by atoms with Gasteiger partial charge in [0.15, 0.2) is 0 Å². The molecule has 0 aliphatic heterocycles. The van der Waals surface area contributed by atoms with Crippen LogP contribution >= 0.6 is 0 Å². The molecule has 0 saturated heterocycles. The van der Waals surface area contributed by atoms with Gasteiger partial charge in [-0.2, -0.15) is 0 Å². The summed E-state index contributed by atoms with van der Waals surface area (Å²) in [6, 6.07) is 0. The molecule has 10 atom stereocenters. The molecule has 24 heavy (non-hydrogen) atoms. The van der Waals surface area contributed by atoms with Crippen LogP contribution in [0.3, 0.4) is 0 Å². The molecule has 4 rings (SSSR count). The highest BCUT2D eigenvalue weighted by atomic mass is 16.3. The lowest BCUT2D eigenvalue weighted by Crippen LogP contribution is -2.54. The minimum Gasteiger partial charge on any atom is -0.393 e. The van der Waals surface area contributed by atoms with Crippen LogP contribution in [0.25, 0.3) is 0 Å². The molecule has 0 heterocycles. The second-order valence-corrected chi connectivity index (χ2v) is 10.2. The number of aliphatic hydroxyl groups excluding tert-OH is 3. The number of fused-ring (bicyclic) bond motifs is 5. The molecule has 138 valence electrons. The first-order valence-electron chi connectivity index (χ1n) is 10.3. The van der Waals surface area contributed by atoms with Crippen molar-refractivity contribution in [2.75, 3.05) is 0 Å². The maximum atomic E-state index is 10.7. The highest BCUT2D eigenvalue weighted by molar-refractivity contribution is 5.11. The minimum atomic E-state index is -0.414. The van der Waals surface area contributed by atoms with E-state index in [1.807, 2.05) is 6.92 Å². The predicted octanol–water partition coefficient (Wildman–Crippen LogP) is 3.36. The first kappa shape index (κ1) is 17.3. The van der Waals surface area contributed by atoms with Crippen molar-refractivity contribution in [2.45, 2.75) is 90.4 Å². The van der Waals surface area contributed by atoms with Gasteiger partial charge >= 0.3 is 0 Å². The Morgan fingerprint density at radius 3 is 2.29 bits per heavy atom. The van der Waals surface area contributed by atoms with Crippen molar-refractivity contribution in [1.82, 2.24) is 0 Å². The summed E-state index contributed by atoms with van der Waals surface area (Å²) in [6.45, 7) is 6.72. The van der Waals surface area contributed by atoms with Crippen molar-refractivity contribution in [2.24, 2.45) is 40.4 Å². The van der Waals surface area contributed by atoms with Gasteiger partial charge in [-0.25, -0.2) is 0 Å². The molecule has 3 nitrogen and oxygen atoms in total. The van der Waals surface area contributed by atoms with E-state index in [1.165, 1.54) is 25.7 Å². The van der Waals surface area contributed by atoms with E-state index in [9.17, 15) is 15.3 Å². The molecule has 4 aliphatic rings. The summed E-state index contributed by atoms with van der Waals surface area (Å²) >= 11 is 0. The Labute approximate surface area is 146 Å². The third-order valence-electron chi connectivity index (χ3n) is 9.27. The van der Waals surface area contributed by atoms with E-state index in [-0.39, 0.29) is 23.5 Å².